The molecular formula is C13H20N4O3S. The van der Waals surface area contributed by atoms with Gasteiger partial charge in [0, 0.05) is 25.3 Å². The summed E-state index contributed by atoms with van der Waals surface area (Å²) in [5, 5.41) is 5.60. The number of fused-ring (bicyclic) bond motifs is 1. The van der Waals surface area contributed by atoms with Crippen molar-refractivity contribution >= 4 is 21.7 Å². The van der Waals surface area contributed by atoms with Crippen molar-refractivity contribution in [2.45, 2.75) is 24.7 Å². The van der Waals surface area contributed by atoms with Crippen LogP contribution in [-0.2, 0) is 16.4 Å². The van der Waals surface area contributed by atoms with Gasteiger partial charge >= 0.3 is 6.03 Å². The van der Waals surface area contributed by atoms with E-state index in [4.69, 9.17) is 5.73 Å². The molecule has 0 saturated heterocycles. The predicted octanol–water partition coefficient (Wildman–Crippen LogP) is 0.300. The third-order valence-electron chi connectivity index (χ3n) is 3.39. The lowest BCUT2D eigenvalue weighted by atomic mass is 10.00. The highest BCUT2D eigenvalue weighted by atomic mass is 32.2. The molecule has 7 nitrogen and oxygen atoms in total. The molecule has 0 atom stereocenters. The maximum absolute atomic E-state index is 12.4. The Kier molecular flexibility index (Phi) is 4.69. The summed E-state index contributed by atoms with van der Waals surface area (Å²) in [7, 11) is -3.60. The van der Waals surface area contributed by atoms with Crippen molar-refractivity contribution in [2.75, 3.05) is 25.0 Å². The summed E-state index contributed by atoms with van der Waals surface area (Å²) < 4.78 is 27.2. The molecule has 1 aromatic rings. The van der Waals surface area contributed by atoms with Crippen molar-refractivity contribution in [3.05, 3.63) is 23.3 Å². The first-order chi connectivity index (χ1) is 9.92. The molecule has 0 aromatic heterocycles. The summed E-state index contributed by atoms with van der Waals surface area (Å²) >= 11 is 0. The number of anilines is 1. The number of nitrogens with one attached hydrogen (secondary N) is 3. The zero-order valence-electron chi connectivity index (χ0n) is 11.9. The summed E-state index contributed by atoms with van der Waals surface area (Å²) in [5.74, 6) is 0. The van der Waals surface area contributed by atoms with Gasteiger partial charge in [0.05, 0.1) is 4.90 Å². The highest BCUT2D eigenvalue weighted by Crippen LogP contribution is 2.31. The highest BCUT2D eigenvalue weighted by molar-refractivity contribution is 7.89. The molecule has 0 aliphatic carbocycles. The van der Waals surface area contributed by atoms with Crippen LogP contribution >= 0.6 is 0 Å². The zero-order valence-corrected chi connectivity index (χ0v) is 12.7. The molecule has 5 N–H and O–H groups in total. The summed E-state index contributed by atoms with van der Waals surface area (Å²) in [5.41, 5.74) is 7.71. The van der Waals surface area contributed by atoms with E-state index < -0.39 is 16.1 Å². The van der Waals surface area contributed by atoms with Crippen LogP contribution in [0.4, 0.5) is 10.5 Å². The van der Waals surface area contributed by atoms with Crippen molar-refractivity contribution in [3.63, 3.8) is 0 Å². The number of nitrogens with two attached hydrogens (primary N) is 1. The molecule has 2 amide bonds. The first-order valence-corrected chi connectivity index (χ1v) is 8.29. The fourth-order valence-electron chi connectivity index (χ4n) is 2.42. The fourth-order valence-corrected chi connectivity index (χ4v) is 3.72. The van der Waals surface area contributed by atoms with Crippen molar-refractivity contribution in [2.24, 2.45) is 5.73 Å². The summed E-state index contributed by atoms with van der Waals surface area (Å²) in [4.78, 5) is 10.8. The molecule has 1 heterocycles. The van der Waals surface area contributed by atoms with E-state index in [0.717, 1.165) is 36.2 Å². The third-order valence-corrected chi connectivity index (χ3v) is 4.94. The molecule has 2 rings (SSSR count). The second-order valence-electron chi connectivity index (χ2n) is 4.95. The number of hydrogen-bond donors (Lipinski definition) is 4. The standard InChI is InChI=1S/C13H20N4O3S/c1-9-4-5-11(10-3-2-6-15-12(9)10)21(19,20)17-8-7-16-13(14)18/h4-5,15,17H,2-3,6-8H2,1H3,(H3,14,16,18). The summed E-state index contributed by atoms with van der Waals surface area (Å²) in [6.07, 6.45) is 1.64. The fraction of sp³-hybridized carbons (Fsp3) is 0.462. The van der Waals surface area contributed by atoms with Gasteiger partial charge in [-0.15, -0.1) is 0 Å². The van der Waals surface area contributed by atoms with Gasteiger partial charge in [-0.1, -0.05) is 6.07 Å². The van der Waals surface area contributed by atoms with Crippen molar-refractivity contribution in [1.29, 1.82) is 0 Å². The minimum atomic E-state index is -3.60. The van der Waals surface area contributed by atoms with Crippen LogP contribution in [0.25, 0.3) is 0 Å². The Morgan fingerprint density at radius 1 is 1.38 bits per heavy atom. The van der Waals surface area contributed by atoms with Gasteiger partial charge in [-0.3, -0.25) is 0 Å². The van der Waals surface area contributed by atoms with Crippen LogP contribution in [0.1, 0.15) is 17.5 Å². The Labute approximate surface area is 124 Å². The Hall–Kier alpha value is -1.80. The predicted molar refractivity (Wildman–Crippen MR) is 80.8 cm³/mol. The molecule has 1 aliphatic heterocycles. The molecule has 0 bridgehead atoms. The molecule has 21 heavy (non-hydrogen) atoms. The van der Waals surface area contributed by atoms with Crippen LogP contribution < -0.4 is 21.1 Å². The number of carbonyl (C=O) groups is 1. The second kappa shape index (κ2) is 6.31. The van der Waals surface area contributed by atoms with E-state index >= 15 is 0 Å². The number of urea groups is 1. The van der Waals surface area contributed by atoms with Gasteiger partial charge < -0.3 is 16.4 Å². The molecule has 0 radical (unpaired) electrons. The minimum absolute atomic E-state index is 0.0986. The number of hydrogen-bond acceptors (Lipinski definition) is 4. The molecule has 0 spiro atoms. The van der Waals surface area contributed by atoms with Crippen LogP contribution in [-0.4, -0.2) is 34.1 Å². The van der Waals surface area contributed by atoms with E-state index in [9.17, 15) is 13.2 Å². The Balaban J connectivity index is 2.18. The lowest BCUT2D eigenvalue weighted by molar-refractivity contribution is 0.249. The average Bonchev–Trinajstić information content (AvgIpc) is 2.44. The third kappa shape index (κ3) is 3.64. The lowest BCUT2D eigenvalue weighted by Gasteiger charge is -2.23. The molecule has 1 aromatic carbocycles. The molecule has 0 fully saturated rings. The summed E-state index contributed by atoms with van der Waals surface area (Å²) in [6, 6.07) is 2.75. The van der Waals surface area contributed by atoms with Gasteiger partial charge in [0.25, 0.3) is 0 Å². The Morgan fingerprint density at radius 2 is 2.14 bits per heavy atom. The maximum Gasteiger partial charge on any atom is 0.312 e. The van der Waals surface area contributed by atoms with Crippen molar-refractivity contribution in [1.82, 2.24) is 10.0 Å². The highest BCUT2D eigenvalue weighted by Gasteiger charge is 2.23. The first-order valence-electron chi connectivity index (χ1n) is 6.81. The van der Waals surface area contributed by atoms with Crippen LogP contribution in [0.2, 0.25) is 0 Å². The van der Waals surface area contributed by atoms with Crippen LogP contribution in [0.3, 0.4) is 0 Å². The Morgan fingerprint density at radius 3 is 2.86 bits per heavy atom. The van der Waals surface area contributed by atoms with Gasteiger partial charge in [0.2, 0.25) is 10.0 Å². The molecule has 0 unspecified atom stereocenters. The topological polar surface area (TPSA) is 113 Å². The van der Waals surface area contributed by atoms with Gasteiger partial charge in [-0.05, 0) is 37.0 Å². The number of benzene rings is 1. The van der Waals surface area contributed by atoms with E-state index in [1.807, 2.05) is 6.92 Å². The number of sulfonamides is 1. The van der Waals surface area contributed by atoms with Gasteiger partial charge in [-0.25, -0.2) is 17.9 Å². The summed E-state index contributed by atoms with van der Waals surface area (Å²) in [6.45, 7) is 3.06. The quantitative estimate of drug-likeness (QED) is 0.586. The molecule has 116 valence electrons. The smallest absolute Gasteiger partial charge is 0.312 e. The van der Waals surface area contributed by atoms with E-state index in [2.05, 4.69) is 15.4 Å². The molecule has 0 saturated carbocycles. The van der Waals surface area contributed by atoms with Gasteiger partial charge in [0.15, 0.2) is 0 Å². The largest absolute Gasteiger partial charge is 0.385 e. The minimum Gasteiger partial charge on any atom is -0.385 e. The number of primary amides is 1. The number of amides is 2. The SMILES string of the molecule is Cc1ccc(S(=O)(=O)NCCNC(N)=O)c2c1NCCC2. The normalized spacial score (nSPS) is 14.1. The van der Waals surface area contributed by atoms with Crippen LogP contribution in [0, 0.1) is 6.92 Å². The second-order valence-corrected chi connectivity index (χ2v) is 6.69. The van der Waals surface area contributed by atoms with E-state index in [1.54, 1.807) is 12.1 Å². The van der Waals surface area contributed by atoms with Gasteiger partial charge in [-0.2, -0.15) is 0 Å². The van der Waals surface area contributed by atoms with Crippen molar-refractivity contribution in [3.8, 4) is 0 Å². The molecular weight excluding hydrogens is 292 g/mol. The number of carbonyl (C=O) groups excluding carboxylic acids is 1. The maximum atomic E-state index is 12.4. The monoisotopic (exact) mass is 312 g/mol. The number of rotatable bonds is 5. The van der Waals surface area contributed by atoms with E-state index in [1.165, 1.54) is 0 Å². The Bertz CT molecular complexity index is 643. The van der Waals surface area contributed by atoms with Crippen molar-refractivity contribution < 1.29 is 13.2 Å². The van der Waals surface area contributed by atoms with Crippen LogP contribution in [0.5, 0.6) is 0 Å². The molecule has 8 heteroatoms. The number of aryl methyl sites for hydroxylation is 1. The zero-order chi connectivity index (χ0) is 15.5. The average molecular weight is 312 g/mol. The van der Waals surface area contributed by atoms with E-state index in [0.29, 0.717) is 4.90 Å². The van der Waals surface area contributed by atoms with Crippen LogP contribution in [0.15, 0.2) is 17.0 Å². The molecule has 1 aliphatic rings. The van der Waals surface area contributed by atoms with E-state index in [-0.39, 0.29) is 13.1 Å². The van der Waals surface area contributed by atoms with Gasteiger partial charge in [0.1, 0.15) is 0 Å². The lowest BCUT2D eigenvalue weighted by Crippen LogP contribution is -2.37. The first kappa shape index (κ1) is 15.6.